The zero-order valence-corrected chi connectivity index (χ0v) is 14.3. The van der Waals surface area contributed by atoms with Crippen LogP contribution in [-0.4, -0.2) is 17.5 Å². The maximum atomic E-state index is 10.1. The molecule has 1 saturated carbocycles. The van der Waals surface area contributed by atoms with Gasteiger partial charge in [0.25, 0.3) is 0 Å². The van der Waals surface area contributed by atoms with Crippen molar-refractivity contribution in [3.63, 3.8) is 0 Å². The Kier molecular flexibility index (Phi) is 6.76. The SMILES string of the molecule is NC(CC(O)c1cccc(OCC2CCCCC2)c1)=NI. The van der Waals surface area contributed by atoms with Gasteiger partial charge < -0.3 is 15.6 Å². The maximum Gasteiger partial charge on any atom is 0.119 e. The molecule has 0 aromatic heterocycles. The number of rotatable bonds is 6. The molecule has 0 bridgehead atoms. The van der Waals surface area contributed by atoms with E-state index in [0.29, 0.717) is 18.2 Å². The van der Waals surface area contributed by atoms with E-state index >= 15 is 0 Å². The topological polar surface area (TPSA) is 67.8 Å². The Morgan fingerprint density at radius 2 is 2.14 bits per heavy atom. The standard InChI is InChI=1S/C16H23IN2O2/c17-19-16(18)10-15(20)13-7-4-8-14(9-13)21-11-12-5-2-1-3-6-12/h4,7-9,12,15,20H,1-3,5-6,10-11H2,(H2,18,19). The lowest BCUT2D eigenvalue weighted by atomic mass is 9.90. The number of hydrogen-bond donors (Lipinski definition) is 2. The fourth-order valence-corrected chi connectivity index (χ4v) is 2.93. The van der Waals surface area contributed by atoms with Gasteiger partial charge in [-0.2, -0.15) is 0 Å². The fourth-order valence-electron chi connectivity index (χ4n) is 2.73. The van der Waals surface area contributed by atoms with Crippen LogP contribution in [0.2, 0.25) is 0 Å². The molecule has 1 aromatic carbocycles. The predicted molar refractivity (Wildman–Crippen MR) is 93.7 cm³/mol. The molecule has 1 unspecified atom stereocenters. The average molecular weight is 402 g/mol. The van der Waals surface area contributed by atoms with Crippen LogP contribution in [0.5, 0.6) is 5.75 Å². The zero-order valence-electron chi connectivity index (χ0n) is 12.2. The molecule has 1 fully saturated rings. The molecule has 0 spiro atoms. The minimum absolute atomic E-state index is 0.342. The first-order valence-corrected chi connectivity index (χ1v) is 8.49. The molecule has 2 rings (SSSR count). The van der Waals surface area contributed by atoms with Crippen molar-refractivity contribution in [1.29, 1.82) is 0 Å². The summed E-state index contributed by atoms with van der Waals surface area (Å²) in [5, 5.41) is 10.1. The average Bonchev–Trinajstić information content (AvgIpc) is 2.54. The van der Waals surface area contributed by atoms with Crippen LogP contribution in [0.4, 0.5) is 0 Å². The van der Waals surface area contributed by atoms with E-state index in [1.807, 2.05) is 47.1 Å². The first kappa shape index (κ1) is 16.5. The van der Waals surface area contributed by atoms with Gasteiger partial charge in [0.05, 0.1) is 35.6 Å². The van der Waals surface area contributed by atoms with E-state index in [2.05, 4.69) is 3.21 Å². The summed E-state index contributed by atoms with van der Waals surface area (Å²) in [6.07, 6.45) is 6.24. The molecule has 1 atom stereocenters. The predicted octanol–water partition coefficient (Wildman–Crippen LogP) is 3.78. The summed E-state index contributed by atoms with van der Waals surface area (Å²) in [5.74, 6) is 1.94. The number of benzene rings is 1. The van der Waals surface area contributed by atoms with Gasteiger partial charge in [0.15, 0.2) is 0 Å². The molecule has 0 radical (unpaired) electrons. The second-order valence-electron chi connectivity index (χ2n) is 5.68. The van der Waals surface area contributed by atoms with Crippen molar-refractivity contribution in [3.05, 3.63) is 29.8 Å². The molecular weight excluding hydrogens is 379 g/mol. The summed E-state index contributed by atoms with van der Waals surface area (Å²) in [5.41, 5.74) is 6.48. The third kappa shape index (κ3) is 5.47. The van der Waals surface area contributed by atoms with Crippen molar-refractivity contribution in [2.45, 2.75) is 44.6 Å². The highest BCUT2D eigenvalue weighted by atomic mass is 127. The Balaban J connectivity index is 1.90. The number of amidine groups is 1. The lowest BCUT2D eigenvalue weighted by molar-refractivity contribution is 0.183. The second kappa shape index (κ2) is 8.58. The van der Waals surface area contributed by atoms with E-state index in [0.717, 1.165) is 17.9 Å². The van der Waals surface area contributed by atoms with Gasteiger partial charge >= 0.3 is 0 Å². The summed E-state index contributed by atoms with van der Waals surface area (Å²) >= 11 is 1.84. The van der Waals surface area contributed by atoms with Gasteiger partial charge in [-0.3, -0.25) is 0 Å². The van der Waals surface area contributed by atoms with Gasteiger partial charge in [-0.15, -0.1) is 0 Å². The van der Waals surface area contributed by atoms with Crippen molar-refractivity contribution in [2.24, 2.45) is 14.9 Å². The number of aliphatic hydroxyl groups excluding tert-OH is 1. The van der Waals surface area contributed by atoms with E-state index < -0.39 is 6.10 Å². The minimum atomic E-state index is -0.637. The Bertz CT molecular complexity index is 473. The number of nitrogens with zero attached hydrogens (tertiary/aromatic N) is 1. The van der Waals surface area contributed by atoms with Crippen LogP contribution in [0.3, 0.4) is 0 Å². The molecule has 0 heterocycles. The van der Waals surface area contributed by atoms with Crippen LogP contribution in [0.25, 0.3) is 0 Å². The summed E-state index contributed by atoms with van der Waals surface area (Å²) in [6.45, 7) is 0.775. The van der Waals surface area contributed by atoms with Gasteiger partial charge in [-0.05, 0) is 36.5 Å². The van der Waals surface area contributed by atoms with E-state index in [4.69, 9.17) is 10.5 Å². The molecule has 4 nitrogen and oxygen atoms in total. The molecule has 0 amide bonds. The van der Waals surface area contributed by atoms with Gasteiger partial charge in [0, 0.05) is 6.42 Å². The van der Waals surface area contributed by atoms with Crippen molar-refractivity contribution >= 4 is 28.7 Å². The maximum absolute atomic E-state index is 10.1. The third-order valence-corrected chi connectivity index (χ3v) is 4.58. The van der Waals surface area contributed by atoms with Crippen LogP contribution in [0.1, 0.15) is 50.2 Å². The van der Waals surface area contributed by atoms with Crippen molar-refractivity contribution in [3.8, 4) is 5.75 Å². The van der Waals surface area contributed by atoms with Crippen molar-refractivity contribution in [1.82, 2.24) is 0 Å². The third-order valence-electron chi connectivity index (χ3n) is 3.96. The summed E-state index contributed by atoms with van der Waals surface area (Å²) in [4.78, 5) is 0. The van der Waals surface area contributed by atoms with Gasteiger partial charge in [0.2, 0.25) is 0 Å². The summed E-state index contributed by atoms with van der Waals surface area (Å²) < 4.78 is 9.74. The summed E-state index contributed by atoms with van der Waals surface area (Å²) in [7, 11) is 0. The fraction of sp³-hybridized carbons (Fsp3) is 0.562. The molecule has 3 N–H and O–H groups in total. The van der Waals surface area contributed by atoms with Crippen LogP contribution >= 0.6 is 22.9 Å². The Morgan fingerprint density at radius 3 is 2.86 bits per heavy atom. The highest BCUT2D eigenvalue weighted by Crippen LogP contribution is 2.26. The smallest absolute Gasteiger partial charge is 0.119 e. The Morgan fingerprint density at radius 1 is 1.38 bits per heavy atom. The molecule has 1 aromatic rings. The van der Waals surface area contributed by atoms with Gasteiger partial charge in [-0.1, -0.05) is 31.4 Å². The second-order valence-corrected chi connectivity index (χ2v) is 6.17. The van der Waals surface area contributed by atoms with Crippen LogP contribution in [0, 0.1) is 5.92 Å². The first-order chi connectivity index (χ1) is 10.2. The van der Waals surface area contributed by atoms with Crippen molar-refractivity contribution in [2.75, 3.05) is 6.61 Å². The van der Waals surface area contributed by atoms with Crippen molar-refractivity contribution < 1.29 is 9.84 Å². The largest absolute Gasteiger partial charge is 0.493 e. The molecule has 1 aliphatic carbocycles. The number of hydrogen-bond acceptors (Lipinski definition) is 3. The number of aliphatic hydroxyl groups is 1. The molecule has 5 heteroatoms. The minimum Gasteiger partial charge on any atom is -0.493 e. The summed E-state index contributed by atoms with van der Waals surface area (Å²) in [6, 6.07) is 7.63. The highest BCUT2D eigenvalue weighted by molar-refractivity contribution is 14.1. The monoisotopic (exact) mass is 402 g/mol. The van der Waals surface area contributed by atoms with E-state index in [9.17, 15) is 5.11 Å². The molecular formula is C16H23IN2O2. The normalized spacial score (nSPS) is 18.5. The van der Waals surface area contributed by atoms with Crippen LogP contribution < -0.4 is 10.5 Å². The van der Waals surface area contributed by atoms with E-state index in [1.54, 1.807) is 0 Å². The first-order valence-electron chi connectivity index (χ1n) is 7.53. The van der Waals surface area contributed by atoms with Crippen LogP contribution in [-0.2, 0) is 0 Å². The molecule has 116 valence electrons. The Labute approximate surface area is 140 Å². The highest BCUT2D eigenvalue weighted by Gasteiger charge is 2.15. The lowest BCUT2D eigenvalue weighted by Crippen LogP contribution is -2.16. The molecule has 0 saturated heterocycles. The molecule has 1 aliphatic rings. The number of halogens is 1. The number of nitrogens with two attached hydrogens (primary N) is 1. The van der Waals surface area contributed by atoms with E-state index in [-0.39, 0.29) is 0 Å². The molecule has 21 heavy (non-hydrogen) atoms. The Hall–Kier alpha value is -0.820. The quantitative estimate of drug-likeness (QED) is 0.433. The van der Waals surface area contributed by atoms with Gasteiger partial charge in [0.1, 0.15) is 11.6 Å². The van der Waals surface area contributed by atoms with E-state index in [1.165, 1.54) is 32.1 Å². The molecule has 0 aliphatic heterocycles. The lowest BCUT2D eigenvalue weighted by Gasteiger charge is -2.22. The number of ether oxygens (including phenoxy) is 1. The zero-order chi connectivity index (χ0) is 15.1. The van der Waals surface area contributed by atoms with Gasteiger partial charge in [-0.25, -0.2) is 3.21 Å². The van der Waals surface area contributed by atoms with Crippen LogP contribution in [0.15, 0.2) is 27.5 Å².